The quantitative estimate of drug-likeness (QED) is 0.334. The number of nitro groups is 1. The highest BCUT2D eigenvalue weighted by atomic mass is 16.7. The molecule has 0 amide bonds. The number of hydrazine groups is 1. The van der Waals surface area contributed by atoms with Crippen LogP contribution in [0.4, 0.5) is 0 Å². The Morgan fingerprint density at radius 3 is 2.23 bits per heavy atom. The van der Waals surface area contributed by atoms with Gasteiger partial charge in [0.2, 0.25) is 0 Å². The Kier molecular flexibility index (Phi) is 7.35. The first-order valence-corrected chi connectivity index (χ1v) is 5.11. The molecule has 0 aromatic heterocycles. The van der Waals surface area contributed by atoms with E-state index in [1.165, 1.54) is 17.9 Å². The lowest BCUT2D eigenvalue weighted by atomic mass is 10.2. The van der Waals surface area contributed by atoms with E-state index in [1.54, 1.807) is 0 Å². The summed E-state index contributed by atoms with van der Waals surface area (Å²) in [5, 5.41) is 11.5. The molecular formula is C9H20N2O2. The van der Waals surface area contributed by atoms with Crippen LogP contribution in [-0.2, 0) is 0 Å². The highest BCUT2D eigenvalue weighted by Crippen LogP contribution is 2.01. The van der Waals surface area contributed by atoms with Crippen molar-refractivity contribution in [1.82, 2.24) is 5.01 Å². The molecule has 0 aliphatic carbocycles. The zero-order valence-electron chi connectivity index (χ0n) is 8.66. The standard InChI is InChI=1S/C9H20N2O2/c1-3-5-6-7-9-10(8-4-2)11(12)13/h3-9H2,1-2H3. The third kappa shape index (κ3) is 6.37. The van der Waals surface area contributed by atoms with Crippen LogP contribution in [0.2, 0.25) is 0 Å². The average Bonchev–Trinajstić information content (AvgIpc) is 2.10. The fraction of sp³-hybridized carbons (Fsp3) is 1.00. The number of unbranched alkanes of at least 4 members (excludes halogenated alkanes) is 3. The summed E-state index contributed by atoms with van der Waals surface area (Å²) < 4.78 is 0. The van der Waals surface area contributed by atoms with Crippen LogP contribution in [0.1, 0.15) is 46.0 Å². The van der Waals surface area contributed by atoms with Gasteiger partial charge in [0.15, 0.2) is 5.03 Å². The maximum Gasteiger partial charge on any atom is 0.160 e. The summed E-state index contributed by atoms with van der Waals surface area (Å²) in [6, 6.07) is 0. The molecule has 0 unspecified atom stereocenters. The highest BCUT2D eigenvalue weighted by molar-refractivity contribution is 4.46. The van der Waals surface area contributed by atoms with Crippen molar-refractivity contribution in [2.45, 2.75) is 46.0 Å². The molecule has 0 N–H and O–H groups in total. The lowest BCUT2D eigenvalue weighted by Crippen LogP contribution is -2.31. The summed E-state index contributed by atoms with van der Waals surface area (Å²) in [6.45, 7) is 5.26. The van der Waals surface area contributed by atoms with Gasteiger partial charge in [-0.25, -0.2) is 10.1 Å². The summed E-state index contributed by atoms with van der Waals surface area (Å²) in [5.74, 6) is 0. The van der Waals surface area contributed by atoms with E-state index in [0.717, 1.165) is 19.3 Å². The molecule has 0 saturated heterocycles. The van der Waals surface area contributed by atoms with Crippen LogP contribution in [-0.4, -0.2) is 23.1 Å². The van der Waals surface area contributed by atoms with Crippen molar-refractivity contribution in [3.63, 3.8) is 0 Å². The van der Waals surface area contributed by atoms with Crippen molar-refractivity contribution < 1.29 is 5.03 Å². The number of nitrogens with zero attached hydrogens (tertiary/aromatic N) is 2. The first-order valence-electron chi connectivity index (χ1n) is 5.11. The van der Waals surface area contributed by atoms with Gasteiger partial charge in [0.25, 0.3) is 0 Å². The van der Waals surface area contributed by atoms with E-state index in [0.29, 0.717) is 13.1 Å². The molecule has 13 heavy (non-hydrogen) atoms. The van der Waals surface area contributed by atoms with Crippen LogP contribution in [0.5, 0.6) is 0 Å². The Bertz CT molecular complexity index is 140. The van der Waals surface area contributed by atoms with Crippen LogP contribution in [0, 0.1) is 10.1 Å². The molecule has 0 aliphatic rings. The molecule has 4 heteroatoms. The fourth-order valence-corrected chi connectivity index (χ4v) is 1.25. The molecule has 0 bridgehead atoms. The lowest BCUT2D eigenvalue weighted by molar-refractivity contribution is -0.655. The third-order valence-electron chi connectivity index (χ3n) is 1.98. The van der Waals surface area contributed by atoms with Gasteiger partial charge in [0.1, 0.15) is 0 Å². The summed E-state index contributed by atoms with van der Waals surface area (Å²) >= 11 is 0. The second kappa shape index (κ2) is 7.83. The zero-order valence-corrected chi connectivity index (χ0v) is 8.66. The first-order chi connectivity index (χ1) is 6.22. The second-order valence-corrected chi connectivity index (χ2v) is 3.25. The van der Waals surface area contributed by atoms with Crippen molar-refractivity contribution >= 4 is 0 Å². The van der Waals surface area contributed by atoms with Crippen LogP contribution >= 0.6 is 0 Å². The van der Waals surface area contributed by atoms with E-state index in [2.05, 4.69) is 6.92 Å². The summed E-state index contributed by atoms with van der Waals surface area (Å²) in [5.41, 5.74) is 0. The lowest BCUT2D eigenvalue weighted by Gasteiger charge is -2.12. The van der Waals surface area contributed by atoms with Crippen molar-refractivity contribution in [2.75, 3.05) is 13.1 Å². The third-order valence-corrected chi connectivity index (χ3v) is 1.98. The Morgan fingerprint density at radius 1 is 1.08 bits per heavy atom. The summed E-state index contributed by atoms with van der Waals surface area (Å²) in [6.07, 6.45) is 5.23. The van der Waals surface area contributed by atoms with Gasteiger partial charge in [0.05, 0.1) is 13.1 Å². The molecule has 0 atom stereocenters. The van der Waals surface area contributed by atoms with E-state index in [-0.39, 0.29) is 5.03 Å². The minimum absolute atomic E-state index is 0.282. The van der Waals surface area contributed by atoms with Gasteiger partial charge in [-0.05, 0) is 12.8 Å². The smallest absolute Gasteiger partial charge is 0.160 e. The maximum absolute atomic E-state index is 10.5. The molecule has 0 saturated carbocycles. The Hall–Kier alpha value is -0.800. The SMILES string of the molecule is CCCCCCN(CCC)[N+](=O)[O-]. The second-order valence-electron chi connectivity index (χ2n) is 3.25. The zero-order chi connectivity index (χ0) is 10.1. The van der Waals surface area contributed by atoms with Gasteiger partial charge in [0, 0.05) is 0 Å². The fourth-order valence-electron chi connectivity index (χ4n) is 1.25. The monoisotopic (exact) mass is 188 g/mol. The number of hydrogen-bond acceptors (Lipinski definition) is 2. The highest BCUT2D eigenvalue weighted by Gasteiger charge is 2.10. The molecule has 0 aromatic carbocycles. The predicted molar refractivity (Wildman–Crippen MR) is 53.0 cm³/mol. The molecule has 0 heterocycles. The molecule has 0 fully saturated rings. The van der Waals surface area contributed by atoms with Crippen molar-refractivity contribution in [1.29, 1.82) is 0 Å². The van der Waals surface area contributed by atoms with Crippen molar-refractivity contribution in [3.05, 3.63) is 10.1 Å². The number of hydrogen-bond donors (Lipinski definition) is 0. The topological polar surface area (TPSA) is 46.4 Å². The van der Waals surface area contributed by atoms with Crippen molar-refractivity contribution in [3.8, 4) is 0 Å². The Labute approximate surface area is 80.0 Å². The van der Waals surface area contributed by atoms with Gasteiger partial charge in [-0.2, -0.15) is 0 Å². The van der Waals surface area contributed by atoms with E-state index in [1.807, 2.05) is 6.92 Å². The largest absolute Gasteiger partial charge is 0.235 e. The molecule has 0 aromatic rings. The van der Waals surface area contributed by atoms with Gasteiger partial charge < -0.3 is 0 Å². The first kappa shape index (κ1) is 12.2. The molecule has 4 nitrogen and oxygen atoms in total. The van der Waals surface area contributed by atoms with Crippen LogP contribution in [0.25, 0.3) is 0 Å². The minimum atomic E-state index is -0.282. The van der Waals surface area contributed by atoms with Gasteiger partial charge >= 0.3 is 0 Å². The van der Waals surface area contributed by atoms with Gasteiger partial charge in [-0.1, -0.05) is 33.1 Å². The van der Waals surface area contributed by atoms with Crippen LogP contribution in [0.3, 0.4) is 0 Å². The molecule has 0 spiro atoms. The van der Waals surface area contributed by atoms with Crippen LogP contribution < -0.4 is 0 Å². The Morgan fingerprint density at radius 2 is 1.77 bits per heavy atom. The summed E-state index contributed by atoms with van der Waals surface area (Å²) in [7, 11) is 0. The Balaban J connectivity index is 3.51. The summed E-state index contributed by atoms with van der Waals surface area (Å²) in [4.78, 5) is 10.5. The minimum Gasteiger partial charge on any atom is -0.235 e. The van der Waals surface area contributed by atoms with Crippen LogP contribution in [0.15, 0.2) is 0 Å². The van der Waals surface area contributed by atoms with Gasteiger partial charge in [-0.15, -0.1) is 5.01 Å². The van der Waals surface area contributed by atoms with E-state index in [9.17, 15) is 10.1 Å². The molecule has 0 radical (unpaired) electrons. The van der Waals surface area contributed by atoms with E-state index in [4.69, 9.17) is 0 Å². The normalized spacial score (nSPS) is 10.0. The van der Waals surface area contributed by atoms with Gasteiger partial charge in [-0.3, -0.25) is 0 Å². The van der Waals surface area contributed by atoms with Crippen molar-refractivity contribution in [2.24, 2.45) is 0 Å². The molecule has 0 aliphatic heterocycles. The maximum atomic E-state index is 10.5. The molecular weight excluding hydrogens is 168 g/mol. The molecule has 78 valence electrons. The average molecular weight is 188 g/mol. The molecule has 0 rings (SSSR count). The number of rotatable bonds is 8. The van der Waals surface area contributed by atoms with E-state index >= 15 is 0 Å². The predicted octanol–water partition coefficient (Wildman–Crippen LogP) is 2.47. The van der Waals surface area contributed by atoms with E-state index < -0.39 is 0 Å².